The van der Waals surface area contributed by atoms with Gasteiger partial charge in [0.2, 0.25) is 5.88 Å². The predicted octanol–water partition coefficient (Wildman–Crippen LogP) is 3.60. The van der Waals surface area contributed by atoms with Crippen LogP contribution >= 0.6 is 10.7 Å². The fourth-order valence-electron chi connectivity index (χ4n) is 1.70. The lowest BCUT2D eigenvalue weighted by molar-refractivity contribution is 0.225. The highest BCUT2D eigenvalue weighted by atomic mass is 35.7. The standard InChI is InChI=1S/C13H20ClNO3S/c1-3-5-6-11(4-2)10-18-13-8-7-12(9-15-13)19(14,16)17/h7-9,11H,3-6,10H2,1-2H3. The van der Waals surface area contributed by atoms with Crippen LogP contribution in [0, 0.1) is 5.92 Å². The van der Waals surface area contributed by atoms with Crippen molar-refractivity contribution in [2.75, 3.05) is 6.61 Å². The number of halogens is 1. The monoisotopic (exact) mass is 305 g/mol. The van der Waals surface area contributed by atoms with Gasteiger partial charge < -0.3 is 4.74 Å². The molecule has 1 rings (SSSR count). The highest BCUT2D eigenvalue weighted by Gasteiger charge is 2.11. The quantitative estimate of drug-likeness (QED) is 0.689. The van der Waals surface area contributed by atoms with Gasteiger partial charge in [-0.15, -0.1) is 0 Å². The average molecular weight is 306 g/mol. The van der Waals surface area contributed by atoms with Crippen LogP contribution in [0.3, 0.4) is 0 Å². The molecule has 0 aliphatic heterocycles. The van der Waals surface area contributed by atoms with Crippen molar-refractivity contribution in [3.05, 3.63) is 18.3 Å². The zero-order valence-electron chi connectivity index (χ0n) is 11.3. The summed E-state index contributed by atoms with van der Waals surface area (Å²) in [6, 6.07) is 2.93. The van der Waals surface area contributed by atoms with Crippen LogP contribution in [0.1, 0.15) is 39.5 Å². The van der Waals surface area contributed by atoms with E-state index in [2.05, 4.69) is 18.8 Å². The van der Waals surface area contributed by atoms with E-state index in [1.54, 1.807) is 0 Å². The zero-order valence-corrected chi connectivity index (χ0v) is 12.9. The van der Waals surface area contributed by atoms with Crippen molar-refractivity contribution in [1.29, 1.82) is 0 Å². The predicted molar refractivity (Wildman–Crippen MR) is 76.1 cm³/mol. The summed E-state index contributed by atoms with van der Waals surface area (Å²) < 4.78 is 27.7. The maximum Gasteiger partial charge on any atom is 0.262 e. The topological polar surface area (TPSA) is 56.3 Å². The molecular weight excluding hydrogens is 286 g/mol. The normalized spacial score (nSPS) is 13.2. The molecule has 108 valence electrons. The Kier molecular flexibility index (Phi) is 6.58. The molecule has 1 atom stereocenters. The number of hydrogen-bond acceptors (Lipinski definition) is 4. The van der Waals surface area contributed by atoms with E-state index in [9.17, 15) is 8.42 Å². The van der Waals surface area contributed by atoms with Crippen LogP contribution in [0.2, 0.25) is 0 Å². The van der Waals surface area contributed by atoms with Crippen LogP contribution in [0.4, 0.5) is 0 Å². The first-order valence-corrected chi connectivity index (χ1v) is 8.81. The van der Waals surface area contributed by atoms with Crippen molar-refractivity contribution >= 4 is 19.7 Å². The number of aromatic nitrogens is 1. The van der Waals surface area contributed by atoms with Crippen LogP contribution in [0.5, 0.6) is 5.88 Å². The molecule has 1 heterocycles. The zero-order chi connectivity index (χ0) is 14.3. The molecular formula is C13H20ClNO3S. The molecule has 0 saturated heterocycles. The SMILES string of the molecule is CCCCC(CC)COc1ccc(S(=O)(=O)Cl)cn1. The second-order valence-corrected chi connectivity index (χ2v) is 7.06. The number of pyridine rings is 1. The maximum atomic E-state index is 11.1. The molecule has 0 fully saturated rings. The summed E-state index contributed by atoms with van der Waals surface area (Å²) in [6.07, 6.45) is 5.79. The van der Waals surface area contributed by atoms with E-state index in [0.29, 0.717) is 18.4 Å². The van der Waals surface area contributed by atoms with Gasteiger partial charge >= 0.3 is 0 Å². The van der Waals surface area contributed by atoms with Gasteiger partial charge in [-0.3, -0.25) is 0 Å². The molecule has 0 aliphatic rings. The fourth-order valence-corrected chi connectivity index (χ4v) is 2.38. The Morgan fingerprint density at radius 3 is 2.58 bits per heavy atom. The molecule has 1 unspecified atom stereocenters. The van der Waals surface area contributed by atoms with Gasteiger partial charge in [0.15, 0.2) is 0 Å². The highest BCUT2D eigenvalue weighted by molar-refractivity contribution is 8.13. The number of nitrogens with zero attached hydrogens (tertiary/aromatic N) is 1. The average Bonchev–Trinajstić information content (AvgIpc) is 2.38. The first-order chi connectivity index (χ1) is 8.97. The van der Waals surface area contributed by atoms with Gasteiger partial charge in [-0.05, 0) is 18.4 Å². The minimum absolute atomic E-state index is 0.0143. The van der Waals surface area contributed by atoms with Crippen LogP contribution in [-0.4, -0.2) is 20.0 Å². The number of unbranched alkanes of at least 4 members (excludes halogenated alkanes) is 1. The summed E-state index contributed by atoms with van der Waals surface area (Å²) in [5.41, 5.74) is 0. The van der Waals surface area contributed by atoms with E-state index >= 15 is 0 Å². The Morgan fingerprint density at radius 2 is 2.11 bits per heavy atom. The van der Waals surface area contributed by atoms with Gasteiger partial charge in [0.1, 0.15) is 4.90 Å². The molecule has 0 N–H and O–H groups in total. The Hall–Kier alpha value is -0.810. The molecule has 0 radical (unpaired) electrons. The molecule has 6 heteroatoms. The van der Waals surface area contributed by atoms with Crippen molar-refractivity contribution in [1.82, 2.24) is 4.98 Å². The number of ether oxygens (including phenoxy) is 1. The molecule has 1 aromatic rings. The molecule has 0 aromatic carbocycles. The van der Waals surface area contributed by atoms with Crippen LogP contribution < -0.4 is 4.74 Å². The lowest BCUT2D eigenvalue weighted by Crippen LogP contribution is -2.12. The molecule has 0 spiro atoms. The van der Waals surface area contributed by atoms with Crippen molar-refractivity contribution in [2.45, 2.75) is 44.4 Å². The van der Waals surface area contributed by atoms with Gasteiger partial charge in [-0.1, -0.05) is 33.1 Å². The molecule has 0 aliphatic carbocycles. The molecule has 0 saturated carbocycles. The summed E-state index contributed by atoms with van der Waals surface area (Å²) in [6.45, 7) is 4.91. The summed E-state index contributed by atoms with van der Waals surface area (Å²) in [5, 5.41) is 0. The Morgan fingerprint density at radius 1 is 1.37 bits per heavy atom. The summed E-state index contributed by atoms with van der Waals surface area (Å²) in [5.74, 6) is 0.942. The Labute approximate surface area is 119 Å². The summed E-state index contributed by atoms with van der Waals surface area (Å²) >= 11 is 0. The fraction of sp³-hybridized carbons (Fsp3) is 0.615. The second-order valence-electron chi connectivity index (χ2n) is 4.50. The second kappa shape index (κ2) is 7.70. The van der Waals surface area contributed by atoms with Crippen LogP contribution in [-0.2, 0) is 9.05 Å². The summed E-state index contributed by atoms with van der Waals surface area (Å²) in [4.78, 5) is 3.93. The van der Waals surface area contributed by atoms with E-state index in [0.717, 1.165) is 12.8 Å². The third kappa shape index (κ3) is 5.78. The van der Waals surface area contributed by atoms with Crippen molar-refractivity contribution < 1.29 is 13.2 Å². The van der Waals surface area contributed by atoms with E-state index < -0.39 is 9.05 Å². The lowest BCUT2D eigenvalue weighted by atomic mass is 10.0. The van der Waals surface area contributed by atoms with E-state index in [-0.39, 0.29) is 4.90 Å². The smallest absolute Gasteiger partial charge is 0.262 e. The van der Waals surface area contributed by atoms with Crippen molar-refractivity contribution in [3.8, 4) is 5.88 Å². The first-order valence-electron chi connectivity index (χ1n) is 6.50. The minimum atomic E-state index is -3.71. The summed E-state index contributed by atoms with van der Waals surface area (Å²) in [7, 11) is 1.50. The van der Waals surface area contributed by atoms with Gasteiger partial charge in [0.25, 0.3) is 9.05 Å². The van der Waals surface area contributed by atoms with Crippen LogP contribution in [0.15, 0.2) is 23.2 Å². The number of hydrogen-bond donors (Lipinski definition) is 0. The third-order valence-electron chi connectivity index (χ3n) is 3.00. The van der Waals surface area contributed by atoms with Gasteiger partial charge in [-0.2, -0.15) is 0 Å². The van der Waals surface area contributed by atoms with Crippen molar-refractivity contribution in [2.24, 2.45) is 5.92 Å². The third-order valence-corrected chi connectivity index (χ3v) is 4.34. The van der Waals surface area contributed by atoms with E-state index in [1.807, 2.05) is 0 Å². The highest BCUT2D eigenvalue weighted by Crippen LogP contribution is 2.18. The Bertz CT molecular complexity index is 473. The van der Waals surface area contributed by atoms with Gasteiger partial charge in [0, 0.05) is 16.7 Å². The Balaban J connectivity index is 2.53. The molecule has 0 amide bonds. The maximum absolute atomic E-state index is 11.1. The van der Waals surface area contributed by atoms with E-state index in [4.69, 9.17) is 15.4 Å². The molecule has 0 bridgehead atoms. The largest absolute Gasteiger partial charge is 0.477 e. The van der Waals surface area contributed by atoms with Crippen molar-refractivity contribution in [3.63, 3.8) is 0 Å². The number of rotatable bonds is 8. The van der Waals surface area contributed by atoms with E-state index in [1.165, 1.54) is 31.2 Å². The molecule has 1 aromatic heterocycles. The first kappa shape index (κ1) is 16.2. The lowest BCUT2D eigenvalue weighted by Gasteiger charge is -2.14. The van der Waals surface area contributed by atoms with Gasteiger partial charge in [-0.25, -0.2) is 13.4 Å². The molecule has 19 heavy (non-hydrogen) atoms. The van der Waals surface area contributed by atoms with Gasteiger partial charge in [0.05, 0.1) is 12.8 Å². The minimum Gasteiger partial charge on any atom is -0.477 e. The van der Waals surface area contributed by atoms with Crippen LogP contribution in [0.25, 0.3) is 0 Å². The molecule has 4 nitrogen and oxygen atoms in total.